The number of hydrogen-bond acceptors (Lipinski definition) is 3. The molecule has 0 aliphatic carbocycles. The Morgan fingerprint density at radius 3 is 2.73 bits per heavy atom. The first-order valence-corrected chi connectivity index (χ1v) is 6.16. The number of carbonyl (C=O) groups is 1. The van der Waals surface area contributed by atoms with Crippen LogP contribution in [0.4, 0.5) is 0 Å². The number of carboxylic acid groups (broad SMARTS) is 1. The third-order valence-electron chi connectivity index (χ3n) is 1.78. The van der Waals surface area contributed by atoms with E-state index in [4.69, 9.17) is 10.8 Å². The molecular formula is C9H10BrNO3S. The molecule has 82 valence electrons. The van der Waals surface area contributed by atoms with Crippen LogP contribution in [0.15, 0.2) is 33.6 Å². The second-order valence-corrected chi connectivity index (χ2v) is 5.37. The van der Waals surface area contributed by atoms with E-state index in [0.717, 1.165) is 4.47 Å². The van der Waals surface area contributed by atoms with E-state index >= 15 is 0 Å². The number of rotatable bonds is 4. The first-order chi connectivity index (χ1) is 7.06. The first-order valence-electron chi connectivity index (χ1n) is 4.15. The summed E-state index contributed by atoms with van der Waals surface area (Å²) in [6.45, 7) is -0.144. The highest BCUT2D eigenvalue weighted by atomic mass is 79.9. The Morgan fingerprint density at radius 1 is 1.60 bits per heavy atom. The zero-order chi connectivity index (χ0) is 11.4. The minimum atomic E-state index is -1.62. The van der Waals surface area contributed by atoms with Gasteiger partial charge in [0, 0.05) is 15.9 Å². The summed E-state index contributed by atoms with van der Waals surface area (Å²) in [5.74, 6) is -1.14. The molecule has 1 rings (SSSR count). The molecule has 6 heteroatoms. The number of nitrogens with two attached hydrogens (primary N) is 1. The van der Waals surface area contributed by atoms with E-state index in [0.29, 0.717) is 4.90 Å². The molecule has 0 saturated carbocycles. The topological polar surface area (TPSA) is 80.4 Å². The molecule has 3 N–H and O–H groups in total. The average Bonchev–Trinajstić information content (AvgIpc) is 2.18. The molecule has 0 spiro atoms. The van der Waals surface area contributed by atoms with Crippen LogP contribution in [0.3, 0.4) is 0 Å². The Bertz CT molecular complexity index is 397. The van der Waals surface area contributed by atoms with Gasteiger partial charge in [0.05, 0.1) is 10.8 Å². The fraction of sp³-hybridized carbons (Fsp3) is 0.222. The van der Waals surface area contributed by atoms with Crippen molar-refractivity contribution < 1.29 is 14.1 Å². The molecule has 0 bridgehead atoms. The van der Waals surface area contributed by atoms with Gasteiger partial charge in [0.25, 0.3) is 0 Å². The summed E-state index contributed by atoms with van der Waals surface area (Å²) >= 11 is 3.23. The molecule has 0 aromatic heterocycles. The van der Waals surface area contributed by atoms with Gasteiger partial charge in [-0.15, -0.1) is 0 Å². The number of hydrogen-bond donors (Lipinski definition) is 2. The summed E-state index contributed by atoms with van der Waals surface area (Å²) in [5, 5.41) is 7.73. The third-order valence-corrected chi connectivity index (χ3v) is 3.90. The van der Waals surface area contributed by atoms with Crippen LogP contribution in [-0.4, -0.2) is 27.1 Å². The van der Waals surface area contributed by atoms with Crippen molar-refractivity contribution >= 4 is 32.7 Å². The molecule has 0 amide bonds. The molecule has 1 aromatic rings. The van der Waals surface area contributed by atoms with Crippen molar-refractivity contribution in [1.29, 1.82) is 0 Å². The second kappa shape index (κ2) is 5.39. The molecule has 15 heavy (non-hydrogen) atoms. The Balaban J connectivity index is 2.98. The van der Waals surface area contributed by atoms with Crippen LogP contribution in [0.25, 0.3) is 0 Å². The first kappa shape index (κ1) is 12.4. The molecular weight excluding hydrogens is 282 g/mol. The van der Waals surface area contributed by atoms with Gasteiger partial charge in [0.15, 0.2) is 0 Å². The lowest BCUT2D eigenvalue weighted by molar-refractivity contribution is -0.136. The van der Waals surface area contributed by atoms with Crippen molar-refractivity contribution in [3.8, 4) is 0 Å². The Morgan fingerprint density at radius 2 is 2.27 bits per heavy atom. The van der Waals surface area contributed by atoms with Gasteiger partial charge in [-0.05, 0) is 18.2 Å². The van der Waals surface area contributed by atoms with Crippen LogP contribution in [0.1, 0.15) is 0 Å². The Hall–Kier alpha value is -0.720. The van der Waals surface area contributed by atoms with E-state index in [1.807, 2.05) is 0 Å². The SMILES string of the molecule is NCC(C(=O)O)S(=O)c1cccc(Br)c1. The third kappa shape index (κ3) is 3.12. The maximum absolute atomic E-state index is 11.8. The van der Waals surface area contributed by atoms with Crippen LogP contribution >= 0.6 is 15.9 Å². The van der Waals surface area contributed by atoms with Crippen LogP contribution < -0.4 is 5.73 Å². The predicted octanol–water partition coefficient (Wildman–Crippen LogP) is 0.969. The summed E-state index contributed by atoms with van der Waals surface area (Å²) < 4.78 is 12.6. The highest BCUT2D eigenvalue weighted by molar-refractivity contribution is 9.10. The van der Waals surface area contributed by atoms with Gasteiger partial charge in [0.1, 0.15) is 5.25 Å². The Kier molecular flexibility index (Phi) is 4.44. The van der Waals surface area contributed by atoms with Crippen LogP contribution in [0.5, 0.6) is 0 Å². The average molecular weight is 292 g/mol. The molecule has 1 aromatic carbocycles. The molecule has 0 radical (unpaired) electrons. The normalized spacial score (nSPS) is 14.5. The quantitative estimate of drug-likeness (QED) is 0.866. The largest absolute Gasteiger partial charge is 0.480 e. The monoisotopic (exact) mass is 291 g/mol. The number of halogens is 1. The molecule has 4 nitrogen and oxygen atoms in total. The summed E-state index contributed by atoms with van der Waals surface area (Å²) in [5.41, 5.74) is 5.26. The molecule has 0 aliphatic rings. The van der Waals surface area contributed by atoms with Crippen molar-refractivity contribution in [2.75, 3.05) is 6.54 Å². The van der Waals surface area contributed by atoms with Gasteiger partial charge in [-0.1, -0.05) is 22.0 Å². The standard InChI is InChI=1S/C9H10BrNO3S/c10-6-2-1-3-7(4-6)15(14)8(5-11)9(12)13/h1-4,8H,5,11H2,(H,12,13). The lowest BCUT2D eigenvalue weighted by Gasteiger charge is -2.09. The lowest BCUT2D eigenvalue weighted by atomic mass is 10.4. The van der Waals surface area contributed by atoms with Crippen LogP contribution in [0.2, 0.25) is 0 Å². The molecule has 0 aliphatic heterocycles. The molecule has 2 unspecified atom stereocenters. The van der Waals surface area contributed by atoms with Crippen LogP contribution in [-0.2, 0) is 15.6 Å². The van der Waals surface area contributed by atoms with E-state index in [-0.39, 0.29) is 6.54 Å². The fourth-order valence-electron chi connectivity index (χ4n) is 1.04. The molecule has 0 heterocycles. The highest BCUT2D eigenvalue weighted by Gasteiger charge is 2.24. The van der Waals surface area contributed by atoms with Crippen molar-refractivity contribution in [3.05, 3.63) is 28.7 Å². The maximum atomic E-state index is 11.8. The van der Waals surface area contributed by atoms with Crippen molar-refractivity contribution in [3.63, 3.8) is 0 Å². The highest BCUT2D eigenvalue weighted by Crippen LogP contribution is 2.17. The zero-order valence-corrected chi connectivity index (χ0v) is 10.1. The summed E-state index contributed by atoms with van der Waals surface area (Å²) in [6, 6.07) is 6.72. The summed E-state index contributed by atoms with van der Waals surface area (Å²) in [6.07, 6.45) is 0. The van der Waals surface area contributed by atoms with Crippen molar-refractivity contribution in [2.45, 2.75) is 10.1 Å². The van der Waals surface area contributed by atoms with E-state index in [9.17, 15) is 9.00 Å². The van der Waals surface area contributed by atoms with Gasteiger partial charge in [-0.25, -0.2) is 0 Å². The lowest BCUT2D eigenvalue weighted by Crippen LogP contribution is -2.33. The van der Waals surface area contributed by atoms with Crippen LogP contribution in [0, 0.1) is 0 Å². The number of carboxylic acids is 1. The smallest absolute Gasteiger partial charge is 0.320 e. The number of benzene rings is 1. The van der Waals surface area contributed by atoms with Gasteiger partial charge >= 0.3 is 5.97 Å². The second-order valence-electron chi connectivity index (χ2n) is 2.82. The number of aliphatic carboxylic acids is 1. The maximum Gasteiger partial charge on any atom is 0.320 e. The molecule has 2 atom stereocenters. The van der Waals surface area contributed by atoms with E-state index in [2.05, 4.69) is 15.9 Å². The Labute approximate surface area is 98.1 Å². The van der Waals surface area contributed by atoms with E-state index in [1.54, 1.807) is 24.3 Å². The van der Waals surface area contributed by atoms with Gasteiger partial charge in [0.2, 0.25) is 0 Å². The molecule has 0 saturated heterocycles. The minimum absolute atomic E-state index is 0.144. The minimum Gasteiger partial charge on any atom is -0.480 e. The van der Waals surface area contributed by atoms with Crippen molar-refractivity contribution in [1.82, 2.24) is 0 Å². The predicted molar refractivity (Wildman–Crippen MR) is 61.0 cm³/mol. The summed E-state index contributed by atoms with van der Waals surface area (Å²) in [7, 11) is -1.62. The van der Waals surface area contributed by atoms with Gasteiger partial charge in [-0.3, -0.25) is 9.00 Å². The van der Waals surface area contributed by atoms with Gasteiger partial charge < -0.3 is 10.8 Å². The fourth-order valence-corrected chi connectivity index (χ4v) is 2.73. The zero-order valence-electron chi connectivity index (χ0n) is 7.72. The van der Waals surface area contributed by atoms with E-state index in [1.165, 1.54) is 0 Å². The van der Waals surface area contributed by atoms with E-state index < -0.39 is 22.0 Å². The molecule has 0 fully saturated rings. The van der Waals surface area contributed by atoms with Gasteiger partial charge in [-0.2, -0.15) is 0 Å². The van der Waals surface area contributed by atoms with Crippen molar-refractivity contribution in [2.24, 2.45) is 5.73 Å². The summed E-state index contributed by atoms with van der Waals surface area (Å²) in [4.78, 5) is 11.2.